The van der Waals surface area contributed by atoms with Crippen molar-refractivity contribution in [2.45, 2.75) is 38.3 Å². The van der Waals surface area contributed by atoms with Crippen LogP contribution in [-0.2, 0) is 9.59 Å². The Bertz CT molecular complexity index is 293. The minimum Gasteiger partial charge on any atom is -0.355 e. The zero-order chi connectivity index (χ0) is 11.5. The minimum absolute atomic E-state index is 0.0129. The molecule has 2 saturated heterocycles. The van der Waals surface area contributed by atoms with Gasteiger partial charge in [-0.2, -0.15) is 0 Å². The first-order chi connectivity index (χ1) is 7.66. The fraction of sp³-hybridized carbons (Fsp3) is 0.818. The molecule has 2 heterocycles. The van der Waals surface area contributed by atoms with E-state index in [0.29, 0.717) is 19.0 Å². The van der Waals surface area contributed by atoms with Gasteiger partial charge in [0.15, 0.2) is 0 Å². The number of hydrogen-bond acceptors (Lipinski definition) is 3. The topological polar surface area (TPSA) is 70.2 Å². The fourth-order valence-corrected chi connectivity index (χ4v) is 2.33. The molecule has 2 aliphatic heterocycles. The Balaban J connectivity index is 1.84. The SMILES string of the molecule is CC1NCCCC1NC(=O)C1CNC(=O)C1. The van der Waals surface area contributed by atoms with E-state index in [1.54, 1.807) is 0 Å². The average Bonchev–Trinajstić information content (AvgIpc) is 2.68. The van der Waals surface area contributed by atoms with E-state index in [2.05, 4.69) is 22.9 Å². The van der Waals surface area contributed by atoms with Gasteiger partial charge in [-0.25, -0.2) is 0 Å². The van der Waals surface area contributed by atoms with Crippen molar-refractivity contribution in [3.63, 3.8) is 0 Å². The molecule has 0 radical (unpaired) electrons. The smallest absolute Gasteiger partial charge is 0.225 e. The highest BCUT2D eigenvalue weighted by molar-refractivity contribution is 5.89. The molecule has 90 valence electrons. The van der Waals surface area contributed by atoms with Crippen molar-refractivity contribution in [3.8, 4) is 0 Å². The van der Waals surface area contributed by atoms with E-state index in [1.807, 2.05) is 0 Å². The maximum Gasteiger partial charge on any atom is 0.225 e. The molecule has 3 N–H and O–H groups in total. The van der Waals surface area contributed by atoms with Crippen molar-refractivity contribution < 1.29 is 9.59 Å². The molecule has 2 rings (SSSR count). The molecule has 2 amide bonds. The average molecular weight is 225 g/mol. The summed E-state index contributed by atoms with van der Waals surface area (Å²) >= 11 is 0. The van der Waals surface area contributed by atoms with Crippen LogP contribution in [0.4, 0.5) is 0 Å². The van der Waals surface area contributed by atoms with Crippen molar-refractivity contribution in [3.05, 3.63) is 0 Å². The lowest BCUT2D eigenvalue weighted by molar-refractivity contribution is -0.127. The zero-order valence-corrected chi connectivity index (χ0v) is 9.58. The summed E-state index contributed by atoms with van der Waals surface area (Å²) < 4.78 is 0. The lowest BCUT2D eigenvalue weighted by Gasteiger charge is -2.31. The van der Waals surface area contributed by atoms with E-state index in [1.165, 1.54) is 0 Å². The third kappa shape index (κ3) is 2.52. The van der Waals surface area contributed by atoms with E-state index >= 15 is 0 Å². The molecule has 5 nitrogen and oxygen atoms in total. The summed E-state index contributed by atoms with van der Waals surface area (Å²) in [6, 6.07) is 0.528. The van der Waals surface area contributed by atoms with Crippen molar-refractivity contribution in [2.24, 2.45) is 5.92 Å². The third-order valence-electron chi connectivity index (χ3n) is 3.44. The number of hydrogen-bond donors (Lipinski definition) is 3. The number of amides is 2. The van der Waals surface area contributed by atoms with Gasteiger partial charge in [0.05, 0.1) is 5.92 Å². The Morgan fingerprint density at radius 1 is 1.50 bits per heavy atom. The zero-order valence-electron chi connectivity index (χ0n) is 9.58. The Morgan fingerprint density at radius 3 is 2.94 bits per heavy atom. The Kier molecular flexibility index (Phi) is 3.43. The second-order valence-electron chi connectivity index (χ2n) is 4.71. The fourth-order valence-electron chi connectivity index (χ4n) is 2.33. The van der Waals surface area contributed by atoms with E-state index in [4.69, 9.17) is 0 Å². The van der Waals surface area contributed by atoms with Crippen molar-refractivity contribution in [1.82, 2.24) is 16.0 Å². The van der Waals surface area contributed by atoms with E-state index < -0.39 is 0 Å². The molecule has 0 spiro atoms. The van der Waals surface area contributed by atoms with Crippen LogP contribution in [0.5, 0.6) is 0 Å². The van der Waals surface area contributed by atoms with Gasteiger partial charge in [-0.3, -0.25) is 9.59 Å². The maximum atomic E-state index is 11.9. The molecule has 0 aliphatic carbocycles. The highest BCUT2D eigenvalue weighted by Crippen LogP contribution is 2.12. The Morgan fingerprint density at radius 2 is 2.31 bits per heavy atom. The summed E-state index contributed by atoms with van der Waals surface area (Å²) in [7, 11) is 0. The van der Waals surface area contributed by atoms with Crippen LogP contribution in [0, 0.1) is 5.92 Å². The quantitative estimate of drug-likeness (QED) is 0.586. The second kappa shape index (κ2) is 4.82. The molecule has 3 unspecified atom stereocenters. The molecule has 0 aromatic heterocycles. The first-order valence-corrected chi connectivity index (χ1v) is 5.97. The van der Waals surface area contributed by atoms with Gasteiger partial charge >= 0.3 is 0 Å². The van der Waals surface area contributed by atoms with E-state index in [-0.39, 0.29) is 23.8 Å². The van der Waals surface area contributed by atoms with Crippen LogP contribution in [0.25, 0.3) is 0 Å². The molecule has 0 aromatic carbocycles. The van der Waals surface area contributed by atoms with Gasteiger partial charge in [-0.15, -0.1) is 0 Å². The van der Waals surface area contributed by atoms with E-state index in [0.717, 1.165) is 19.4 Å². The molecule has 3 atom stereocenters. The highest BCUT2D eigenvalue weighted by Gasteiger charge is 2.30. The molecule has 2 fully saturated rings. The molecular weight excluding hydrogens is 206 g/mol. The number of nitrogens with one attached hydrogen (secondary N) is 3. The van der Waals surface area contributed by atoms with Crippen LogP contribution in [0.1, 0.15) is 26.2 Å². The van der Waals surface area contributed by atoms with Crippen LogP contribution in [0.3, 0.4) is 0 Å². The predicted molar refractivity (Wildman–Crippen MR) is 59.7 cm³/mol. The van der Waals surface area contributed by atoms with Gasteiger partial charge in [0, 0.05) is 25.0 Å². The van der Waals surface area contributed by atoms with E-state index in [9.17, 15) is 9.59 Å². The molecule has 2 aliphatic rings. The van der Waals surface area contributed by atoms with Gasteiger partial charge in [0.1, 0.15) is 0 Å². The van der Waals surface area contributed by atoms with Gasteiger partial charge in [0.25, 0.3) is 0 Å². The highest BCUT2D eigenvalue weighted by atomic mass is 16.2. The molecular formula is C11H19N3O2. The summed E-state index contributed by atoms with van der Waals surface area (Å²) in [5.74, 6) is -0.185. The molecule has 16 heavy (non-hydrogen) atoms. The van der Waals surface area contributed by atoms with Gasteiger partial charge < -0.3 is 16.0 Å². The minimum atomic E-state index is -0.179. The standard InChI is InChI=1S/C11H19N3O2/c1-7-9(3-2-4-12-7)14-11(16)8-5-10(15)13-6-8/h7-9,12H,2-6H2,1H3,(H,13,15)(H,14,16). The predicted octanol–water partition coefficient (Wildman–Crippen LogP) is -0.621. The summed E-state index contributed by atoms with van der Waals surface area (Å²) in [6.07, 6.45) is 2.45. The summed E-state index contributed by atoms with van der Waals surface area (Å²) in [4.78, 5) is 22.9. The van der Waals surface area contributed by atoms with Gasteiger partial charge in [0.2, 0.25) is 11.8 Å². The second-order valence-corrected chi connectivity index (χ2v) is 4.71. The lowest BCUT2D eigenvalue weighted by atomic mass is 9.98. The lowest BCUT2D eigenvalue weighted by Crippen LogP contribution is -2.53. The van der Waals surface area contributed by atoms with Crippen molar-refractivity contribution >= 4 is 11.8 Å². The largest absolute Gasteiger partial charge is 0.355 e. The van der Waals surface area contributed by atoms with Crippen LogP contribution < -0.4 is 16.0 Å². The summed E-state index contributed by atoms with van der Waals surface area (Å²) in [5.41, 5.74) is 0. The molecule has 5 heteroatoms. The van der Waals surface area contributed by atoms with Crippen LogP contribution in [0.15, 0.2) is 0 Å². The number of carbonyl (C=O) groups is 2. The first kappa shape index (κ1) is 11.4. The van der Waals surface area contributed by atoms with Crippen LogP contribution >= 0.6 is 0 Å². The maximum absolute atomic E-state index is 11.9. The summed E-state index contributed by atoms with van der Waals surface area (Å²) in [5, 5.41) is 9.06. The Labute approximate surface area is 95.3 Å². The molecule has 0 aromatic rings. The molecule has 0 saturated carbocycles. The summed E-state index contributed by atoms with van der Waals surface area (Å²) in [6.45, 7) is 3.60. The number of rotatable bonds is 2. The normalized spacial score (nSPS) is 34.6. The van der Waals surface area contributed by atoms with Gasteiger partial charge in [-0.05, 0) is 26.3 Å². The van der Waals surface area contributed by atoms with Gasteiger partial charge in [-0.1, -0.05) is 0 Å². The van der Waals surface area contributed by atoms with Crippen LogP contribution in [-0.4, -0.2) is 37.0 Å². The van der Waals surface area contributed by atoms with Crippen molar-refractivity contribution in [1.29, 1.82) is 0 Å². The van der Waals surface area contributed by atoms with Crippen molar-refractivity contribution in [2.75, 3.05) is 13.1 Å². The first-order valence-electron chi connectivity index (χ1n) is 5.97. The monoisotopic (exact) mass is 225 g/mol. The third-order valence-corrected chi connectivity index (χ3v) is 3.44. The Hall–Kier alpha value is -1.10. The number of piperidine rings is 1. The molecule has 0 bridgehead atoms. The van der Waals surface area contributed by atoms with Crippen LogP contribution in [0.2, 0.25) is 0 Å². The number of carbonyl (C=O) groups excluding carboxylic acids is 2.